The van der Waals surface area contributed by atoms with Crippen LogP contribution in [0.2, 0.25) is 0 Å². The van der Waals surface area contributed by atoms with E-state index >= 15 is 0 Å². The number of unbranched alkanes of at least 4 members (excludes halogenated alkanes) is 23. The summed E-state index contributed by atoms with van der Waals surface area (Å²) in [5.41, 5.74) is 0.372. The van der Waals surface area contributed by atoms with Crippen molar-refractivity contribution in [1.82, 2.24) is 25.9 Å². The molecule has 27 heteroatoms. The minimum absolute atomic E-state index is 0.0196. The maximum absolute atomic E-state index is 13.9. The SMILES string of the molecule is CC(C)(C)OC(=O)NCCOP(=O)(OC[C@H](COCCCCCCCCCCCCOC(=O)CCCCCCCCCCNc1ccc([N+](=O)[O-])c2nonc12)OC(=O)CCCCCCCCCCNc1ccc([N+](=O)[O-])c2nonc12)OC(C)(C)C. The number of phosphoric acid groups is 1. The van der Waals surface area contributed by atoms with Gasteiger partial charge in [0.25, 0.3) is 0 Å². The second-order valence-corrected chi connectivity index (χ2v) is 25.5. The van der Waals surface area contributed by atoms with Crippen LogP contribution in [-0.4, -0.2) is 118 Å². The zero-order valence-electron chi connectivity index (χ0n) is 52.4. The van der Waals surface area contributed by atoms with Gasteiger partial charge in [0, 0.05) is 51.2 Å². The summed E-state index contributed by atoms with van der Waals surface area (Å²) in [4.78, 5) is 59.0. The molecular weight excluding hydrogens is 1150 g/mol. The van der Waals surface area contributed by atoms with E-state index in [2.05, 4.69) is 36.6 Å². The normalized spacial score (nSPS) is 12.9. The van der Waals surface area contributed by atoms with E-state index in [-0.39, 0.29) is 61.2 Å². The van der Waals surface area contributed by atoms with Crippen molar-refractivity contribution in [3.63, 3.8) is 0 Å². The van der Waals surface area contributed by atoms with E-state index in [0.29, 0.717) is 55.0 Å². The number of hydrogen-bond acceptors (Lipinski definition) is 23. The fraction of sp³-hybridized carbons (Fsp3) is 0.750. The van der Waals surface area contributed by atoms with E-state index in [9.17, 15) is 39.2 Å². The van der Waals surface area contributed by atoms with Crippen molar-refractivity contribution in [3.05, 3.63) is 44.5 Å². The van der Waals surface area contributed by atoms with Gasteiger partial charge in [0.15, 0.2) is 11.0 Å². The van der Waals surface area contributed by atoms with Gasteiger partial charge in [-0.2, -0.15) is 0 Å². The van der Waals surface area contributed by atoms with Gasteiger partial charge in [0.1, 0.15) is 11.7 Å². The molecule has 0 aliphatic rings. The quantitative estimate of drug-likeness (QED) is 0.00923. The molecule has 1 unspecified atom stereocenters. The molecule has 0 fully saturated rings. The Morgan fingerprint density at radius 3 is 1.40 bits per heavy atom. The molecule has 87 heavy (non-hydrogen) atoms. The molecule has 3 N–H and O–H groups in total. The van der Waals surface area contributed by atoms with Crippen LogP contribution in [0.25, 0.3) is 22.1 Å². The monoisotopic (exact) mass is 1250 g/mol. The molecule has 0 bridgehead atoms. The lowest BCUT2D eigenvalue weighted by Crippen LogP contribution is -2.34. The number of aromatic nitrogens is 4. The van der Waals surface area contributed by atoms with Gasteiger partial charge < -0.3 is 34.9 Å². The zero-order chi connectivity index (χ0) is 63.2. The summed E-state index contributed by atoms with van der Waals surface area (Å²) in [7, 11) is -4.21. The predicted octanol–water partition coefficient (Wildman–Crippen LogP) is 15.0. The van der Waals surface area contributed by atoms with Crippen LogP contribution < -0.4 is 16.0 Å². The topological polar surface area (TPSA) is 333 Å². The molecule has 0 saturated carbocycles. The number of hydrogen-bond donors (Lipinski definition) is 3. The molecule has 0 aliphatic heterocycles. The Balaban J connectivity index is 1.01. The maximum atomic E-state index is 13.9. The molecule has 1 amide bonds. The van der Waals surface area contributed by atoms with Gasteiger partial charge in [-0.3, -0.25) is 43.4 Å². The Labute approximate surface area is 511 Å². The number of fused-ring (bicyclic) bond motifs is 2. The van der Waals surface area contributed by atoms with Gasteiger partial charge in [-0.15, -0.1) is 0 Å². The van der Waals surface area contributed by atoms with E-state index < -0.39 is 47.0 Å². The zero-order valence-corrected chi connectivity index (χ0v) is 53.3. The third-order valence-electron chi connectivity index (χ3n) is 13.8. The molecule has 2 aromatic heterocycles. The molecule has 0 radical (unpaired) electrons. The van der Waals surface area contributed by atoms with Crippen LogP contribution in [0.1, 0.15) is 221 Å². The second kappa shape index (κ2) is 41.2. The van der Waals surface area contributed by atoms with Crippen LogP contribution in [0.5, 0.6) is 0 Å². The Morgan fingerprint density at radius 1 is 0.517 bits per heavy atom. The Hall–Kier alpha value is -6.08. The minimum Gasteiger partial charge on any atom is -0.466 e. The van der Waals surface area contributed by atoms with Crippen LogP contribution >= 0.6 is 7.82 Å². The Kier molecular flexibility index (Phi) is 34.8. The van der Waals surface area contributed by atoms with Crippen molar-refractivity contribution >= 4 is 70.7 Å². The van der Waals surface area contributed by atoms with Crippen molar-refractivity contribution in [2.75, 3.05) is 63.3 Å². The third kappa shape index (κ3) is 32.1. The number of benzene rings is 2. The number of anilines is 2. The summed E-state index contributed by atoms with van der Waals surface area (Å²) in [5.74, 6) is -0.525. The first-order chi connectivity index (χ1) is 41.7. The Bertz CT molecular complexity index is 2680. The maximum Gasteiger partial charge on any atom is 0.475 e. The number of rotatable bonds is 50. The van der Waals surface area contributed by atoms with Gasteiger partial charge in [-0.1, -0.05) is 128 Å². The Morgan fingerprint density at radius 2 is 0.943 bits per heavy atom. The van der Waals surface area contributed by atoms with Gasteiger partial charge in [-0.05, 0) is 113 Å². The lowest BCUT2D eigenvalue weighted by Gasteiger charge is -2.27. The molecule has 2 aromatic carbocycles. The highest BCUT2D eigenvalue weighted by Crippen LogP contribution is 2.52. The molecule has 26 nitrogen and oxygen atoms in total. The lowest BCUT2D eigenvalue weighted by atomic mass is 10.1. The number of nitro benzene ring substituents is 2. The number of nitrogens with one attached hydrogen (secondary N) is 3. The van der Waals surface area contributed by atoms with Crippen molar-refractivity contribution in [1.29, 1.82) is 0 Å². The second-order valence-electron chi connectivity index (χ2n) is 23.9. The molecule has 0 spiro atoms. The first kappa shape index (κ1) is 73.4. The number of carbonyl (C=O) groups excluding carboxylic acids is 3. The van der Waals surface area contributed by atoms with E-state index in [4.69, 9.17) is 41.8 Å². The largest absolute Gasteiger partial charge is 0.475 e. The van der Waals surface area contributed by atoms with Crippen LogP contribution in [0.15, 0.2) is 33.5 Å². The number of carbonyl (C=O) groups is 3. The van der Waals surface area contributed by atoms with E-state index in [1.54, 1.807) is 53.7 Å². The van der Waals surface area contributed by atoms with Crippen molar-refractivity contribution in [2.24, 2.45) is 0 Å². The molecule has 4 rings (SSSR count). The molecule has 2 atom stereocenters. The van der Waals surface area contributed by atoms with E-state index in [1.807, 2.05) is 0 Å². The molecule has 0 saturated heterocycles. The number of esters is 2. The summed E-state index contributed by atoms with van der Waals surface area (Å²) in [5, 5.41) is 46.5. The van der Waals surface area contributed by atoms with Gasteiger partial charge in [0.05, 0.1) is 53.2 Å². The molecule has 0 aliphatic carbocycles. The van der Waals surface area contributed by atoms with Gasteiger partial charge in [0.2, 0.25) is 11.0 Å². The molecule has 490 valence electrons. The number of non-ortho nitro benzene ring substituents is 2. The summed E-state index contributed by atoms with van der Waals surface area (Å²) in [6.07, 6.45) is 25.5. The predicted molar refractivity (Wildman–Crippen MR) is 329 cm³/mol. The fourth-order valence-electron chi connectivity index (χ4n) is 9.42. The van der Waals surface area contributed by atoms with E-state index in [1.165, 1.54) is 12.1 Å². The van der Waals surface area contributed by atoms with Gasteiger partial charge >= 0.3 is 37.2 Å². The number of nitro groups is 2. The summed E-state index contributed by atoms with van der Waals surface area (Å²) >= 11 is 0. The summed E-state index contributed by atoms with van der Waals surface area (Å²) < 4.78 is 63.0. The van der Waals surface area contributed by atoms with Crippen LogP contribution in [0.4, 0.5) is 27.5 Å². The fourth-order valence-corrected chi connectivity index (χ4v) is 10.9. The highest BCUT2D eigenvalue weighted by molar-refractivity contribution is 7.48. The van der Waals surface area contributed by atoms with Crippen molar-refractivity contribution in [3.8, 4) is 0 Å². The molecule has 4 aromatic rings. The average Bonchev–Trinajstić information content (AvgIpc) is 3.74. The number of ether oxygens (including phenoxy) is 4. The average molecular weight is 1250 g/mol. The van der Waals surface area contributed by atoms with Crippen LogP contribution in [0, 0.1) is 20.2 Å². The first-order valence-electron chi connectivity index (χ1n) is 31.5. The minimum atomic E-state index is -4.21. The summed E-state index contributed by atoms with van der Waals surface area (Å²) in [6, 6.07) is 6.05. The number of nitrogens with zero attached hydrogens (tertiary/aromatic N) is 6. The number of alkyl carbamates (subject to hydrolysis) is 1. The third-order valence-corrected chi connectivity index (χ3v) is 15.5. The van der Waals surface area contributed by atoms with Crippen LogP contribution in [-0.2, 0) is 46.7 Å². The van der Waals surface area contributed by atoms with Gasteiger partial charge in [-0.25, -0.2) is 18.6 Å². The van der Waals surface area contributed by atoms with Crippen molar-refractivity contribution in [2.45, 2.75) is 239 Å². The highest BCUT2D eigenvalue weighted by Gasteiger charge is 2.35. The van der Waals surface area contributed by atoms with Crippen molar-refractivity contribution < 1.29 is 70.6 Å². The standard InChI is InChI=1S/C60H98N9O17P/c1-59(2,3)83-58(72)63-41-44-80-87(77,84-60(4,5)6)81-46-47(82-53(71)34-28-22-16-10-12-18-24-30-40-62-49-36-38-51(69(75)76)57-55(49)65-86-67-57)45-78-42-31-25-19-13-7-8-14-20-26-32-43-79-52(70)33-27-21-15-9-11-17-23-29-39-61-48-35-37-50(68(73)74)56-54(48)64-85-66-56/h35-38,47,61-62H,7-34,39-46H2,1-6H3,(H,63,72)/t47-,87?/m0/s1. The van der Waals surface area contributed by atoms with E-state index in [0.717, 1.165) is 167 Å². The summed E-state index contributed by atoms with van der Waals surface area (Å²) in [6.45, 7) is 12.2. The van der Waals surface area contributed by atoms with Crippen LogP contribution in [0.3, 0.4) is 0 Å². The number of amides is 1. The highest BCUT2D eigenvalue weighted by atomic mass is 31.2. The molecular formula is C60H98N9O17P. The smallest absolute Gasteiger partial charge is 0.466 e. The lowest BCUT2D eigenvalue weighted by molar-refractivity contribution is -0.383. The first-order valence-corrected chi connectivity index (χ1v) is 33.0. The number of phosphoric ester groups is 1. The molecule has 2 heterocycles.